The van der Waals surface area contributed by atoms with Gasteiger partial charge in [-0.25, -0.2) is 4.79 Å². The van der Waals surface area contributed by atoms with Crippen molar-refractivity contribution < 1.29 is 64.3 Å². The molecule has 13 nitrogen and oxygen atoms in total. The lowest BCUT2D eigenvalue weighted by Crippen LogP contribution is -2.67. The first-order valence-electron chi connectivity index (χ1n) is 20.6. The Bertz CT molecular complexity index is 1550. The van der Waals surface area contributed by atoms with Crippen molar-refractivity contribution in [2.75, 3.05) is 0 Å². The first-order chi connectivity index (χ1) is 25.4. The number of rotatable bonds is 6. The minimum absolute atomic E-state index is 0.0345. The second-order valence-corrected chi connectivity index (χ2v) is 20.7. The fourth-order valence-electron chi connectivity index (χ4n) is 13.6. The lowest BCUT2D eigenvalue weighted by molar-refractivity contribution is -0.363. The predicted octanol–water partition coefficient (Wildman–Crippen LogP) is 4.00. The number of ether oxygens (including phenoxy) is 4. The summed E-state index contributed by atoms with van der Waals surface area (Å²) in [6.45, 7) is 17.7. The van der Waals surface area contributed by atoms with Gasteiger partial charge in [-0.1, -0.05) is 60.1 Å². The molecule has 0 unspecified atom stereocenters. The number of aliphatic carboxylic acids is 2. The maximum absolute atomic E-state index is 13.0. The Kier molecular flexibility index (Phi) is 10.3. The monoisotopic (exact) mass is 778 g/mol. The van der Waals surface area contributed by atoms with Crippen molar-refractivity contribution in [3.05, 3.63) is 11.6 Å². The third kappa shape index (κ3) is 6.10. The zero-order valence-corrected chi connectivity index (χ0v) is 33.8. The van der Waals surface area contributed by atoms with E-state index in [2.05, 4.69) is 54.5 Å². The normalized spacial score (nSPS) is 53.1. The summed E-state index contributed by atoms with van der Waals surface area (Å²) in [6, 6.07) is 0. The quantitative estimate of drug-likeness (QED) is 0.150. The fraction of sp³-hybridized carbons (Fsp3) is 0.905. The van der Waals surface area contributed by atoms with E-state index in [1.807, 2.05) is 0 Å². The molecule has 0 spiro atoms. The highest BCUT2D eigenvalue weighted by Gasteiger charge is 2.69. The van der Waals surface area contributed by atoms with Crippen molar-refractivity contribution in [1.82, 2.24) is 0 Å². The zero-order valence-electron chi connectivity index (χ0n) is 33.8. The average molecular weight is 779 g/mol. The lowest BCUT2D eigenvalue weighted by Gasteiger charge is -2.71. The molecule has 7 aliphatic rings. The standard InChI is InChI=1S/C42H66O13/c1-20-26(43)27(44)28(45)34(52-20)54-31-29(46)32(33(48)49)55-35(30(31)47)53-25-12-13-39(6)23(38(25,4)5)11-14-41(8)24(39)10-9-21-22-19-37(2,3)15-17-42(22,36(50)51)18-16-40(21,41)7/h9,20,22-32,34-35,43-47H,10-19H2,1-8H3,(H,48,49)(H,50,51)/t20-,22-,23-,24+,25-,26-,27+,28+,29-,30+,31-,32-,34+,35+,39-,40+,41+,42-/m0/s1. The van der Waals surface area contributed by atoms with Crippen LogP contribution in [0.3, 0.4) is 0 Å². The van der Waals surface area contributed by atoms with Crippen LogP contribution in [0.15, 0.2) is 11.6 Å². The summed E-state index contributed by atoms with van der Waals surface area (Å²) in [5.74, 6) is -1.54. The van der Waals surface area contributed by atoms with Crippen LogP contribution in [0.5, 0.6) is 0 Å². The third-order valence-electron chi connectivity index (χ3n) is 17.2. The summed E-state index contributed by atoms with van der Waals surface area (Å²) in [5.41, 5.74) is 0.0941. The summed E-state index contributed by atoms with van der Waals surface area (Å²) in [6.07, 6.45) is -5.46. The molecule has 2 saturated heterocycles. The van der Waals surface area contributed by atoms with Gasteiger partial charge in [-0.3, -0.25) is 4.79 Å². The molecule has 2 aliphatic heterocycles. The molecule has 18 atom stereocenters. The third-order valence-corrected chi connectivity index (χ3v) is 17.2. The molecular weight excluding hydrogens is 712 g/mol. The molecular formula is C42H66O13. The highest BCUT2D eigenvalue weighted by Crippen LogP contribution is 2.76. The number of aliphatic hydroxyl groups excluding tert-OH is 5. The molecule has 0 aromatic rings. The number of carbonyl (C=O) groups is 2. The lowest BCUT2D eigenvalue weighted by atomic mass is 9.33. The van der Waals surface area contributed by atoms with Gasteiger partial charge in [0, 0.05) is 0 Å². The van der Waals surface area contributed by atoms with Crippen LogP contribution in [-0.2, 0) is 28.5 Å². The van der Waals surface area contributed by atoms with Gasteiger partial charge < -0.3 is 54.7 Å². The van der Waals surface area contributed by atoms with E-state index in [1.165, 1.54) is 12.5 Å². The summed E-state index contributed by atoms with van der Waals surface area (Å²) in [4.78, 5) is 25.3. The maximum atomic E-state index is 13.0. The van der Waals surface area contributed by atoms with Gasteiger partial charge in [-0.05, 0) is 116 Å². The smallest absolute Gasteiger partial charge is 0.335 e. The minimum Gasteiger partial charge on any atom is -0.481 e. The van der Waals surface area contributed by atoms with Gasteiger partial charge in [0.15, 0.2) is 18.7 Å². The Labute approximate surface area is 324 Å². The second-order valence-electron chi connectivity index (χ2n) is 20.7. The molecule has 312 valence electrons. The first-order valence-corrected chi connectivity index (χ1v) is 20.6. The SMILES string of the molecule is C[C@@H]1O[C@H](O[C@@H]2[C@@H](O)[C@H](O[C@H]3CC[C@]4(C)[C@H]5CC=C6[C@@H]7CC(C)(C)CC[C@]7(C(=O)O)CC[C@@]6(C)[C@]5(C)CC[C@H]4C3(C)C)O[C@H](C(=O)O)[C@H]2O)[C@H](O)[C@H](O)[C@H]1O. The van der Waals surface area contributed by atoms with Gasteiger partial charge in [-0.2, -0.15) is 0 Å². The highest BCUT2D eigenvalue weighted by molar-refractivity contribution is 5.76. The van der Waals surface area contributed by atoms with Crippen LogP contribution in [0.4, 0.5) is 0 Å². The molecule has 0 radical (unpaired) electrons. The first kappa shape index (κ1) is 41.5. The van der Waals surface area contributed by atoms with E-state index in [-0.39, 0.29) is 33.5 Å². The molecule has 2 heterocycles. The number of hydrogen-bond acceptors (Lipinski definition) is 11. The van der Waals surface area contributed by atoms with Crippen LogP contribution in [0.2, 0.25) is 0 Å². The van der Waals surface area contributed by atoms with E-state index in [1.54, 1.807) is 0 Å². The second kappa shape index (κ2) is 13.7. The summed E-state index contributed by atoms with van der Waals surface area (Å²) in [5, 5.41) is 74.4. The van der Waals surface area contributed by atoms with Crippen molar-refractivity contribution in [3.8, 4) is 0 Å². The van der Waals surface area contributed by atoms with E-state index in [0.717, 1.165) is 51.4 Å². The maximum Gasteiger partial charge on any atom is 0.335 e. The van der Waals surface area contributed by atoms with Gasteiger partial charge >= 0.3 is 11.9 Å². The molecule has 7 N–H and O–H groups in total. The van der Waals surface area contributed by atoms with Crippen LogP contribution in [0.1, 0.15) is 120 Å². The summed E-state index contributed by atoms with van der Waals surface area (Å²) < 4.78 is 23.7. The Balaban J connectivity index is 1.13. The highest BCUT2D eigenvalue weighted by atomic mass is 16.7. The van der Waals surface area contributed by atoms with Crippen LogP contribution in [0, 0.1) is 50.2 Å². The van der Waals surface area contributed by atoms with Crippen molar-refractivity contribution in [2.24, 2.45) is 50.2 Å². The number of aliphatic hydroxyl groups is 5. The number of hydrogen-bond donors (Lipinski definition) is 7. The Hall–Kier alpha value is -1.68. The zero-order chi connectivity index (χ0) is 40.4. The average Bonchev–Trinajstić information content (AvgIpc) is 3.09. The van der Waals surface area contributed by atoms with Crippen molar-refractivity contribution in [1.29, 1.82) is 0 Å². The van der Waals surface area contributed by atoms with Gasteiger partial charge in [-0.15, -0.1) is 0 Å². The van der Waals surface area contributed by atoms with Gasteiger partial charge in [0.25, 0.3) is 0 Å². The Morgan fingerprint density at radius 2 is 1.38 bits per heavy atom. The van der Waals surface area contributed by atoms with Crippen LogP contribution < -0.4 is 0 Å². The van der Waals surface area contributed by atoms with Gasteiger partial charge in [0.1, 0.15) is 36.6 Å². The molecule has 0 bridgehead atoms. The molecule has 4 saturated carbocycles. The molecule has 7 rings (SSSR count). The summed E-state index contributed by atoms with van der Waals surface area (Å²) >= 11 is 0. The molecule has 13 heteroatoms. The minimum atomic E-state index is -1.87. The van der Waals surface area contributed by atoms with E-state index >= 15 is 0 Å². The van der Waals surface area contributed by atoms with E-state index in [9.17, 15) is 45.3 Å². The number of carboxylic acid groups (broad SMARTS) is 2. The molecule has 0 aromatic carbocycles. The van der Waals surface area contributed by atoms with Crippen molar-refractivity contribution in [3.63, 3.8) is 0 Å². The van der Waals surface area contributed by atoms with Crippen LogP contribution >= 0.6 is 0 Å². The fourth-order valence-corrected chi connectivity index (χ4v) is 13.6. The summed E-state index contributed by atoms with van der Waals surface area (Å²) in [7, 11) is 0. The molecule has 5 aliphatic carbocycles. The Morgan fingerprint density at radius 1 is 0.727 bits per heavy atom. The molecule has 0 amide bonds. The van der Waals surface area contributed by atoms with Crippen LogP contribution in [-0.4, -0.2) is 115 Å². The largest absolute Gasteiger partial charge is 0.481 e. The van der Waals surface area contributed by atoms with Crippen LogP contribution in [0.25, 0.3) is 0 Å². The predicted molar refractivity (Wildman–Crippen MR) is 197 cm³/mol. The van der Waals surface area contributed by atoms with E-state index in [4.69, 9.17) is 18.9 Å². The molecule has 0 aromatic heterocycles. The number of allylic oxidation sites excluding steroid dienone is 2. The number of carboxylic acids is 2. The Morgan fingerprint density at radius 3 is 2.04 bits per heavy atom. The van der Waals surface area contributed by atoms with E-state index < -0.39 is 90.3 Å². The molecule has 55 heavy (non-hydrogen) atoms. The van der Waals surface area contributed by atoms with Gasteiger partial charge in [0.2, 0.25) is 0 Å². The van der Waals surface area contributed by atoms with Crippen molar-refractivity contribution in [2.45, 2.75) is 187 Å². The molecule has 6 fully saturated rings. The van der Waals surface area contributed by atoms with Crippen molar-refractivity contribution >= 4 is 11.9 Å². The number of fused-ring (bicyclic) bond motifs is 7. The topological polar surface area (TPSA) is 213 Å². The van der Waals surface area contributed by atoms with Gasteiger partial charge in [0.05, 0.1) is 17.6 Å². The van der Waals surface area contributed by atoms with E-state index in [0.29, 0.717) is 18.8 Å².